The van der Waals surface area contributed by atoms with Gasteiger partial charge in [0, 0.05) is 22.3 Å². The zero-order valence-electron chi connectivity index (χ0n) is 10.6. The molecular weight excluding hydrogens is 244 g/mol. The van der Waals surface area contributed by atoms with Crippen LogP contribution < -0.4 is 10.7 Å². The molecule has 0 saturated heterocycles. The molecular formula is C18H9N2. The lowest BCUT2D eigenvalue weighted by atomic mass is 10.0. The minimum Gasteiger partial charge on any atom is -0.245 e. The van der Waals surface area contributed by atoms with Gasteiger partial charge in [-0.1, -0.05) is 36.4 Å². The number of hydrogen-bond acceptors (Lipinski definition) is 2. The molecule has 3 aromatic carbocycles. The van der Waals surface area contributed by atoms with E-state index in [4.69, 9.17) is 9.98 Å². The summed E-state index contributed by atoms with van der Waals surface area (Å²) in [5, 5.41) is 1.94. The van der Waals surface area contributed by atoms with Crippen LogP contribution in [-0.2, 0) is 0 Å². The lowest BCUT2D eigenvalue weighted by molar-refractivity contribution is 1.29. The molecule has 0 aromatic heterocycles. The molecule has 0 saturated carbocycles. The first kappa shape index (κ1) is 10.1. The van der Waals surface area contributed by atoms with E-state index in [9.17, 15) is 0 Å². The van der Waals surface area contributed by atoms with Crippen LogP contribution in [0.3, 0.4) is 0 Å². The van der Waals surface area contributed by atoms with Gasteiger partial charge in [0.25, 0.3) is 0 Å². The Morgan fingerprint density at radius 1 is 0.650 bits per heavy atom. The monoisotopic (exact) mass is 253 g/mol. The highest BCUT2D eigenvalue weighted by molar-refractivity contribution is 5.84. The molecule has 2 heterocycles. The fourth-order valence-electron chi connectivity index (χ4n) is 2.98. The van der Waals surface area contributed by atoms with Crippen molar-refractivity contribution >= 4 is 11.4 Å². The summed E-state index contributed by atoms with van der Waals surface area (Å²) in [5.74, 6) is 0. The molecule has 0 fully saturated rings. The first-order valence-electron chi connectivity index (χ1n) is 6.63. The van der Waals surface area contributed by atoms with Gasteiger partial charge in [-0.05, 0) is 24.3 Å². The van der Waals surface area contributed by atoms with Crippen LogP contribution in [0.5, 0.6) is 0 Å². The summed E-state index contributed by atoms with van der Waals surface area (Å²) in [5.41, 5.74) is 6.56. The molecule has 0 atom stereocenters. The summed E-state index contributed by atoms with van der Waals surface area (Å²) < 4.78 is 0. The quantitative estimate of drug-likeness (QED) is 0.404. The maximum Gasteiger partial charge on any atom is 0.0985 e. The van der Waals surface area contributed by atoms with Gasteiger partial charge in [0.2, 0.25) is 0 Å². The molecule has 1 radical (unpaired) electrons. The van der Waals surface area contributed by atoms with Crippen LogP contribution in [0.25, 0.3) is 22.3 Å². The van der Waals surface area contributed by atoms with Gasteiger partial charge in [0.05, 0.1) is 22.1 Å². The maximum absolute atomic E-state index is 4.76. The number of rotatable bonds is 0. The largest absolute Gasteiger partial charge is 0.245 e. The summed E-state index contributed by atoms with van der Waals surface area (Å²) in [4.78, 5) is 9.50. The normalized spacial score (nSPS) is 12.8. The third kappa shape index (κ3) is 1.14. The maximum atomic E-state index is 4.76. The molecule has 0 spiro atoms. The Bertz CT molecular complexity index is 918. The number of benzene rings is 3. The molecule has 0 aliphatic carbocycles. The molecule has 0 amide bonds. The Hall–Kier alpha value is -2.74. The molecule has 2 aliphatic heterocycles. The van der Waals surface area contributed by atoms with Crippen molar-refractivity contribution in [3.05, 3.63) is 71.4 Å². The number of fused-ring (bicyclic) bond motifs is 7. The molecule has 5 rings (SSSR count). The fraction of sp³-hybridized carbons (Fsp3) is 0. The van der Waals surface area contributed by atoms with E-state index in [1.165, 1.54) is 5.56 Å². The van der Waals surface area contributed by atoms with Crippen molar-refractivity contribution in [2.24, 2.45) is 9.98 Å². The summed E-state index contributed by atoms with van der Waals surface area (Å²) in [6, 6.07) is 21.8. The molecule has 0 bridgehead atoms. The average Bonchev–Trinajstić information content (AvgIpc) is 3.05. The number of para-hydroxylation sites is 2. The SMILES string of the molecule is [c]1cc2c(c3c1-c1ccccc1N=3)=Nc1ccccc1-2. The van der Waals surface area contributed by atoms with Gasteiger partial charge >= 0.3 is 0 Å². The first-order chi connectivity index (χ1) is 9.92. The van der Waals surface area contributed by atoms with Crippen LogP contribution in [0.2, 0.25) is 0 Å². The highest BCUT2D eigenvalue weighted by Crippen LogP contribution is 2.35. The third-order valence-corrected chi connectivity index (χ3v) is 3.91. The standard InChI is InChI=1S/C18H9N2/c1-3-7-15-11(5-1)13-9-10-14-12-6-2-4-8-16(12)20-18(14)17(13)19-15/h1-9H. The average molecular weight is 253 g/mol. The van der Waals surface area contributed by atoms with Crippen molar-refractivity contribution in [3.8, 4) is 22.3 Å². The van der Waals surface area contributed by atoms with Crippen LogP contribution in [-0.4, -0.2) is 0 Å². The van der Waals surface area contributed by atoms with Gasteiger partial charge in [0.1, 0.15) is 0 Å². The molecule has 2 heteroatoms. The van der Waals surface area contributed by atoms with Gasteiger partial charge in [0.15, 0.2) is 0 Å². The first-order valence-corrected chi connectivity index (χ1v) is 6.63. The molecule has 91 valence electrons. The fourth-order valence-corrected chi connectivity index (χ4v) is 2.98. The predicted octanol–water partition coefficient (Wildman–Crippen LogP) is 3.35. The second-order valence-corrected chi connectivity index (χ2v) is 5.03. The second-order valence-electron chi connectivity index (χ2n) is 5.03. The summed E-state index contributed by atoms with van der Waals surface area (Å²) in [7, 11) is 0. The Morgan fingerprint density at radius 2 is 1.30 bits per heavy atom. The van der Waals surface area contributed by atoms with E-state index < -0.39 is 0 Å². The lowest BCUT2D eigenvalue weighted by Gasteiger charge is -1.99. The topological polar surface area (TPSA) is 24.7 Å². The summed E-state index contributed by atoms with van der Waals surface area (Å²) in [6.07, 6.45) is 0. The molecule has 20 heavy (non-hydrogen) atoms. The Balaban J connectivity index is 1.93. The molecule has 2 nitrogen and oxygen atoms in total. The van der Waals surface area contributed by atoms with E-state index in [1.807, 2.05) is 42.5 Å². The van der Waals surface area contributed by atoms with E-state index >= 15 is 0 Å². The van der Waals surface area contributed by atoms with Crippen molar-refractivity contribution in [1.82, 2.24) is 0 Å². The van der Waals surface area contributed by atoms with Gasteiger partial charge in [-0.3, -0.25) is 0 Å². The van der Waals surface area contributed by atoms with Crippen LogP contribution >= 0.6 is 0 Å². The molecule has 0 N–H and O–H groups in total. The van der Waals surface area contributed by atoms with E-state index in [1.54, 1.807) is 0 Å². The van der Waals surface area contributed by atoms with E-state index in [0.29, 0.717) is 0 Å². The van der Waals surface area contributed by atoms with Crippen LogP contribution in [0.1, 0.15) is 0 Å². The summed E-state index contributed by atoms with van der Waals surface area (Å²) in [6.45, 7) is 0. The summed E-state index contributed by atoms with van der Waals surface area (Å²) >= 11 is 0. The van der Waals surface area contributed by atoms with Crippen molar-refractivity contribution in [1.29, 1.82) is 0 Å². The highest BCUT2D eigenvalue weighted by Gasteiger charge is 2.20. The van der Waals surface area contributed by atoms with Crippen molar-refractivity contribution in [2.45, 2.75) is 0 Å². The van der Waals surface area contributed by atoms with E-state index in [0.717, 1.165) is 38.8 Å². The number of hydrogen-bond donors (Lipinski definition) is 0. The van der Waals surface area contributed by atoms with Gasteiger partial charge in [-0.15, -0.1) is 0 Å². The second kappa shape index (κ2) is 3.42. The van der Waals surface area contributed by atoms with Gasteiger partial charge in [-0.2, -0.15) is 0 Å². The van der Waals surface area contributed by atoms with Gasteiger partial charge in [-0.25, -0.2) is 9.98 Å². The molecule has 0 unspecified atom stereocenters. The number of nitrogens with zero attached hydrogens (tertiary/aromatic N) is 2. The van der Waals surface area contributed by atoms with E-state index in [2.05, 4.69) is 18.2 Å². The Kier molecular flexibility index (Phi) is 1.73. The van der Waals surface area contributed by atoms with Crippen molar-refractivity contribution in [2.75, 3.05) is 0 Å². The minimum atomic E-state index is 0.958. The lowest BCUT2D eigenvalue weighted by Crippen LogP contribution is -2.25. The Morgan fingerprint density at radius 3 is 2.15 bits per heavy atom. The van der Waals surface area contributed by atoms with Crippen LogP contribution in [0.4, 0.5) is 11.4 Å². The smallest absolute Gasteiger partial charge is 0.0985 e. The predicted molar refractivity (Wildman–Crippen MR) is 77.8 cm³/mol. The molecule has 2 aliphatic rings. The minimum absolute atomic E-state index is 0.958. The Labute approximate surface area is 115 Å². The zero-order valence-corrected chi connectivity index (χ0v) is 10.6. The van der Waals surface area contributed by atoms with Crippen LogP contribution in [0.15, 0.2) is 64.6 Å². The third-order valence-electron chi connectivity index (χ3n) is 3.91. The highest BCUT2D eigenvalue weighted by atomic mass is 14.8. The van der Waals surface area contributed by atoms with E-state index in [-0.39, 0.29) is 0 Å². The van der Waals surface area contributed by atoms with Crippen molar-refractivity contribution < 1.29 is 0 Å². The van der Waals surface area contributed by atoms with Crippen LogP contribution in [0, 0.1) is 6.07 Å². The molecule has 3 aromatic rings. The van der Waals surface area contributed by atoms with Crippen molar-refractivity contribution in [3.63, 3.8) is 0 Å². The van der Waals surface area contributed by atoms with Gasteiger partial charge < -0.3 is 0 Å². The zero-order chi connectivity index (χ0) is 13.1.